The smallest absolute Gasteiger partial charge is 0.165 e. The first-order valence-electron chi connectivity index (χ1n) is 10.5. The van der Waals surface area contributed by atoms with E-state index in [1.165, 1.54) is 6.92 Å². The maximum Gasteiger partial charge on any atom is 0.165 e. The zero-order valence-corrected chi connectivity index (χ0v) is 17.1. The van der Waals surface area contributed by atoms with E-state index in [0.717, 1.165) is 44.1 Å². The molecule has 5 heteroatoms. The van der Waals surface area contributed by atoms with Crippen molar-refractivity contribution in [2.75, 3.05) is 6.61 Å². The molecule has 0 unspecified atom stereocenters. The Hall–Kier alpha value is -2.01. The molecular weight excluding hydrogens is 377 g/mol. The van der Waals surface area contributed by atoms with Crippen molar-refractivity contribution in [3.63, 3.8) is 0 Å². The Kier molecular flexibility index (Phi) is 7.59. The van der Waals surface area contributed by atoms with Crippen molar-refractivity contribution in [3.05, 3.63) is 64.5 Å². The lowest BCUT2D eigenvalue weighted by Crippen LogP contribution is -2.21. The maximum atomic E-state index is 14.3. The molecule has 0 amide bonds. The number of rotatable bonds is 8. The van der Waals surface area contributed by atoms with Crippen LogP contribution in [0.4, 0.5) is 13.2 Å². The molecule has 1 aliphatic carbocycles. The third-order valence-electron chi connectivity index (χ3n) is 5.69. The van der Waals surface area contributed by atoms with Gasteiger partial charge in [-0.15, -0.1) is 0 Å². The summed E-state index contributed by atoms with van der Waals surface area (Å²) in [5.74, 6) is -1.35. The van der Waals surface area contributed by atoms with E-state index >= 15 is 0 Å². The Morgan fingerprint density at radius 1 is 0.966 bits per heavy atom. The molecule has 0 heterocycles. The molecule has 0 N–H and O–H groups in total. The van der Waals surface area contributed by atoms with Gasteiger partial charge in [0.1, 0.15) is 0 Å². The number of hydrogen-bond donors (Lipinski definition) is 0. The normalized spacial score (nSPS) is 19.3. The Balaban J connectivity index is 1.50. The van der Waals surface area contributed by atoms with Gasteiger partial charge in [0.05, 0.1) is 19.3 Å². The van der Waals surface area contributed by atoms with E-state index in [-0.39, 0.29) is 30.0 Å². The summed E-state index contributed by atoms with van der Waals surface area (Å²) in [6, 6.07) is 8.39. The van der Waals surface area contributed by atoms with Gasteiger partial charge in [-0.25, -0.2) is 13.2 Å². The summed E-state index contributed by atoms with van der Waals surface area (Å²) in [7, 11) is 0. The minimum Gasteiger partial charge on any atom is -0.491 e. The van der Waals surface area contributed by atoms with E-state index in [1.54, 1.807) is 24.3 Å². The van der Waals surface area contributed by atoms with E-state index < -0.39 is 11.6 Å². The third-order valence-corrected chi connectivity index (χ3v) is 5.69. The van der Waals surface area contributed by atoms with Gasteiger partial charge in [-0.05, 0) is 68.2 Å². The van der Waals surface area contributed by atoms with Crippen LogP contribution in [0, 0.1) is 24.4 Å². The van der Waals surface area contributed by atoms with Gasteiger partial charge in [0, 0.05) is 5.56 Å². The predicted octanol–water partition coefficient (Wildman–Crippen LogP) is 6.83. The highest BCUT2D eigenvalue weighted by Gasteiger charge is 2.24. The van der Waals surface area contributed by atoms with Gasteiger partial charge in [-0.2, -0.15) is 0 Å². The highest BCUT2D eigenvalue weighted by molar-refractivity contribution is 5.31. The monoisotopic (exact) mass is 406 g/mol. The highest BCUT2D eigenvalue weighted by atomic mass is 19.2. The first-order chi connectivity index (χ1) is 14.0. The lowest BCUT2D eigenvalue weighted by Gasteiger charge is -2.29. The standard InChI is InChI=1S/C24H29F3O2/c1-3-4-13-28-22-12-9-18(14-21(22)25)17-7-10-20(11-8-17)29-15-19-6-5-16(2)23(26)24(19)27/h5-6,9,12,14,17,20H,3-4,7-8,10-11,13,15H2,1-2H3. The molecule has 0 atom stereocenters. The van der Waals surface area contributed by atoms with Crippen molar-refractivity contribution in [1.82, 2.24) is 0 Å². The quantitative estimate of drug-likeness (QED) is 0.447. The van der Waals surface area contributed by atoms with Gasteiger partial charge in [-0.3, -0.25) is 0 Å². The summed E-state index contributed by atoms with van der Waals surface area (Å²) in [6.07, 6.45) is 5.32. The lowest BCUT2D eigenvalue weighted by molar-refractivity contribution is 0.0118. The van der Waals surface area contributed by atoms with Gasteiger partial charge in [-0.1, -0.05) is 31.5 Å². The van der Waals surface area contributed by atoms with Crippen LogP contribution in [0.25, 0.3) is 0 Å². The zero-order valence-electron chi connectivity index (χ0n) is 17.1. The fourth-order valence-electron chi connectivity index (χ4n) is 3.78. The molecule has 0 spiro atoms. The van der Waals surface area contributed by atoms with Gasteiger partial charge >= 0.3 is 0 Å². The molecule has 29 heavy (non-hydrogen) atoms. The minimum absolute atomic E-state index is 0.0107. The van der Waals surface area contributed by atoms with Crippen LogP contribution in [0.15, 0.2) is 30.3 Å². The molecule has 2 nitrogen and oxygen atoms in total. The Morgan fingerprint density at radius 2 is 1.72 bits per heavy atom. The molecule has 0 aromatic heterocycles. The SMILES string of the molecule is CCCCOc1ccc(C2CCC(OCc3ccc(C)c(F)c3F)CC2)cc1F. The topological polar surface area (TPSA) is 18.5 Å². The second-order valence-corrected chi connectivity index (χ2v) is 7.85. The average molecular weight is 406 g/mol. The first-order valence-corrected chi connectivity index (χ1v) is 10.5. The van der Waals surface area contributed by atoms with Crippen LogP contribution in [0.1, 0.15) is 68.1 Å². The fourth-order valence-corrected chi connectivity index (χ4v) is 3.78. The van der Waals surface area contributed by atoms with Crippen molar-refractivity contribution >= 4 is 0 Å². The lowest BCUT2D eigenvalue weighted by atomic mass is 9.82. The second kappa shape index (κ2) is 10.1. The van der Waals surface area contributed by atoms with Crippen LogP contribution in [0.5, 0.6) is 5.75 Å². The summed E-state index contributed by atoms with van der Waals surface area (Å²) in [5.41, 5.74) is 1.52. The van der Waals surface area contributed by atoms with Crippen molar-refractivity contribution < 1.29 is 22.6 Å². The maximum absolute atomic E-state index is 14.3. The number of aryl methyl sites for hydroxylation is 1. The molecule has 2 aromatic carbocycles. The minimum atomic E-state index is -0.824. The van der Waals surface area contributed by atoms with Gasteiger partial charge in [0.2, 0.25) is 0 Å². The number of unbranched alkanes of at least 4 members (excludes halogenated alkanes) is 1. The van der Waals surface area contributed by atoms with Crippen LogP contribution in [0.3, 0.4) is 0 Å². The van der Waals surface area contributed by atoms with Crippen molar-refractivity contribution in [2.45, 2.75) is 71.0 Å². The molecule has 0 bridgehead atoms. The second-order valence-electron chi connectivity index (χ2n) is 7.85. The van der Waals surface area contributed by atoms with Gasteiger partial charge in [0.15, 0.2) is 23.2 Å². The molecule has 0 saturated heterocycles. The molecule has 1 aliphatic rings. The Morgan fingerprint density at radius 3 is 2.41 bits per heavy atom. The Labute approximate surface area is 171 Å². The third kappa shape index (κ3) is 5.53. The van der Waals surface area contributed by atoms with E-state index in [1.807, 2.05) is 6.07 Å². The number of halogens is 3. The Bertz CT molecular complexity index is 814. The van der Waals surface area contributed by atoms with Crippen LogP contribution in [-0.2, 0) is 11.3 Å². The molecule has 3 rings (SSSR count). The van der Waals surface area contributed by atoms with E-state index in [2.05, 4.69) is 6.92 Å². The summed E-state index contributed by atoms with van der Waals surface area (Å²) in [5, 5.41) is 0. The summed E-state index contributed by atoms with van der Waals surface area (Å²) < 4.78 is 53.3. The first kappa shape index (κ1) is 21.7. The molecule has 1 fully saturated rings. The van der Waals surface area contributed by atoms with Crippen molar-refractivity contribution in [1.29, 1.82) is 0 Å². The molecule has 2 aromatic rings. The van der Waals surface area contributed by atoms with E-state index in [0.29, 0.717) is 17.9 Å². The van der Waals surface area contributed by atoms with Crippen LogP contribution < -0.4 is 4.74 Å². The van der Waals surface area contributed by atoms with Crippen molar-refractivity contribution in [2.24, 2.45) is 0 Å². The van der Waals surface area contributed by atoms with E-state index in [4.69, 9.17) is 9.47 Å². The number of ether oxygens (including phenoxy) is 2. The fraction of sp³-hybridized carbons (Fsp3) is 0.500. The molecule has 0 aliphatic heterocycles. The average Bonchev–Trinajstić information content (AvgIpc) is 2.73. The number of hydrogen-bond acceptors (Lipinski definition) is 2. The highest BCUT2D eigenvalue weighted by Crippen LogP contribution is 2.36. The predicted molar refractivity (Wildman–Crippen MR) is 108 cm³/mol. The largest absolute Gasteiger partial charge is 0.491 e. The molecule has 0 radical (unpaired) electrons. The van der Waals surface area contributed by atoms with E-state index in [9.17, 15) is 13.2 Å². The molecular formula is C24H29F3O2. The number of benzene rings is 2. The summed E-state index contributed by atoms with van der Waals surface area (Å²) in [4.78, 5) is 0. The van der Waals surface area contributed by atoms with Crippen LogP contribution in [0.2, 0.25) is 0 Å². The molecule has 158 valence electrons. The summed E-state index contributed by atoms with van der Waals surface area (Å²) in [6.45, 7) is 4.20. The summed E-state index contributed by atoms with van der Waals surface area (Å²) >= 11 is 0. The zero-order chi connectivity index (χ0) is 20.8. The van der Waals surface area contributed by atoms with Crippen molar-refractivity contribution in [3.8, 4) is 5.75 Å². The van der Waals surface area contributed by atoms with Gasteiger partial charge < -0.3 is 9.47 Å². The molecule has 1 saturated carbocycles. The van der Waals surface area contributed by atoms with Gasteiger partial charge in [0.25, 0.3) is 0 Å². The van der Waals surface area contributed by atoms with Crippen LogP contribution in [-0.4, -0.2) is 12.7 Å². The van der Waals surface area contributed by atoms with Crippen LogP contribution >= 0.6 is 0 Å².